The first kappa shape index (κ1) is 19.2. The number of ether oxygens (including phenoxy) is 1. The number of hydrogen-bond acceptors (Lipinski definition) is 6. The van der Waals surface area contributed by atoms with Crippen molar-refractivity contribution in [1.29, 1.82) is 0 Å². The van der Waals surface area contributed by atoms with Gasteiger partial charge in [0, 0.05) is 6.20 Å². The maximum atomic E-state index is 12.1. The number of Topliss-reactive ketones (excluding diaryl/α,β-unsaturated/α-hetero) is 1. The molecule has 1 saturated heterocycles. The molecule has 8 heteroatoms. The predicted octanol–water partition coefficient (Wildman–Crippen LogP) is 2.30. The second-order valence-electron chi connectivity index (χ2n) is 6.17. The summed E-state index contributed by atoms with van der Waals surface area (Å²) in [4.78, 5) is 39.4. The van der Waals surface area contributed by atoms with Gasteiger partial charge in [-0.25, -0.2) is 0 Å². The van der Waals surface area contributed by atoms with E-state index in [1.807, 2.05) is 13.0 Å². The first-order valence-corrected chi connectivity index (χ1v) is 9.24. The Labute approximate surface area is 162 Å². The summed E-state index contributed by atoms with van der Waals surface area (Å²) in [5.41, 5.74) is 2.21. The minimum absolute atomic E-state index is 0.120. The molecule has 6 nitrogen and oxygen atoms in total. The number of amides is 2. The van der Waals surface area contributed by atoms with Gasteiger partial charge < -0.3 is 4.74 Å². The van der Waals surface area contributed by atoms with E-state index >= 15 is 0 Å². The van der Waals surface area contributed by atoms with Gasteiger partial charge in [0.05, 0.1) is 4.65 Å². The van der Waals surface area contributed by atoms with Crippen LogP contribution in [-0.4, -0.2) is 41.0 Å². The van der Waals surface area contributed by atoms with Crippen LogP contribution in [0.2, 0.25) is 0 Å². The SMILES string of the molecule is [B]C1(Cc2ccc(OCC(=O)c3ccc(CC)cn3)cc2)SC(=O)NC1=O. The number of hydrogen-bond donors (Lipinski definition) is 1. The largest absolute Gasteiger partial charge is 0.485 e. The lowest BCUT2D eigenvalue weighted by molar-refractivity contribution is -0.119. The molecule has 1 aliphatic heterocycles. The predicted molar refractivity (Wildman–Crippen MR) is 103 cm³/mol. The first-order valence-electron chi connectivity index (χ1n) is 8.43. The van der Waals surface area contributed by atoms with Gasteiger partial charge in [0.15, 0.2) is 6.61 Å². The van der Waals surface area contributed by atoms with Crippen molar-refractivity contribution in [2.75, 3.05) is 6.61 Å². The third-order valence-electron chi connectivity index (χ3n) is 4.15. The Bertz CT molecular complexity index is 870. The van der Waals surface area contributed by atoms with Gasteiger partial charge in [-0.1, -0.05) is 36.9 Å². The lowest BCUT2D eigenvalue weighted by atomic mass is 9.80. The molecule has 2 heterocycles. The second kappa shape index (κ2) is 7.96. The van der Waals surface area contributed by atoms with Gasteiger partial charge >= 0.3 is 0 Å². The molecule has 1 aromatic heterocycles. The van der Waals surface area contributed by atoms with Crippen LogP contribution in [0.1, 0.15) is 28.5 Å². The first-order chi connectivity index (χ1) is 12.9. The highest BCUT2D eigenvalue weighted by molar-refractivity contribution is 8.17. The quantitative estimate of drug-likeness (QED) is 0.586. The number of ketones is 1. The molecular weight excluding hydrogens is 363 g/mol. The minimum Gasteiger partial charge on any atom is -0.485 e. The smallest absolute Gasteiger partial charge is 0.285 e. The van der Waals surface area contributed by atoms with E-state index in [1.165, 1.54) is 0 Å². The number of thioether (sulfide) groups is 1. The van der Waals surface area contributed by atoms with E-state index in [2.05, 4.69) is 10.3 Å². The molecule has 2 radical (unpaired) electrons. The van der Waals surface area contributed by atoms with Crippen LogP contribution in [0.4, 0.5) is 4.79 Å². The number of carbonyl (C=O) groups is 3. The standard InChI is InChI=1S/C19H17BN2O4S/c1-2-12-5-8-15(21-10-12)16(23)11-26-14-6-3-13(4-7-14)9-19(20)17(24)22-18(25)27-19/h3-8,10H,2,9,11H2,1H3,(H,22,24,25). The molecule has 1 atom stereocenters. The Kier molecular flexibility index (Phi) is 5.65. The Hall–Kier alpha value is -2.61. The summed E-state index contributed by atoms with van der Waals surface area (Å²) in [6.07, 6.45) is 2.76. The second-order valence-corrected chi connectivity index (χ2v) is 7.47. The van der Waals surface area contributed by atoms with Crippen LogP contribution in [-0.2, 0) is 17.6 Å². The number of nitrogens with one attached hydrogen (secondary N) is 1. The Balaban J connectivity index is 1.56. The molecule has 1 fully saturated rings. The Morgan fingerprint density at radius 2 is 1.89 bits per heavy atom. The molecule has 0 aliphatic carbocycles. The molecule has 27 heavy (non-hydrogen) atoms. The van der Waals surface area contributed by atoms with E-state index in [1.54, 1.807) is 36.5 Å². The number of aryl methyl sites for hydroxylation is 1. The maximum Gasteiger partial charge on any atom is 0.285 e. The van der Waals surface area contributed by atoms with Crippen LogP contribution < -0.4 is 10.1 Å². The van der Waals surface area contributed by atoms with Crippen molar-refractivity contribution >= 4 is 36.5 Å². The molecule has 2 amide bonds. The van der Waals surface area contributed by atoms with E-state index in [4.69, 9.17) is 12.6 Å². The van der Waals surface area contributed by atoms with Gasteiger partial charge in [-0.15, -0.1) is 0 Å². The Morgan fingerprint density at radius 3 is 2.44 bits per heavy atom. The van der Waals surface area contributed by atoms with E-state index < -0.39 is 15.8 Å². The summed E-state index contributed by atoms with van der Waals surface area (Å²) in [6.45, 7) is 1.90. The van der Waals surface area contributed by atoms with Gasteiger partial charge in [0.2, 0.25) is 11.7 Å². The summed E-state index contributed by atoms with van der Waals surface area (Å²) in [5.74, 6) is -0.187. The van der Waals surface area contributed by atoms with Crippen LogP contribution >= 0.6 is 11.8 Å². The molecule has 136 valence electrons. The highest BCUT2D eigenvalue weighted by Crippen LogP contribution is 2.32. The van der Waals surface area contributed by atoms with Gasteiger partial charge in [-0.2, -0.15) is 0 Å². The fraction of sp³-hybridized carbons (Fsp3) is 0.263. The molecule has 0 spiro atoms. The monoisotopic (exact) mass is 380 g/mol. The average Bonchev–Trinajstić information content (AvgIpc) is 2.92. The third-order valence-corrected chi connectivity index (χ3v) is 5.13. The van der Waals surface area contributed by atoms with Gasteiger partial charge in [0.1, 0.15) is 19.3 Å². The van der Waals surface area contributed by atoms with Crippen molar-refractivity contribution in [1.82, 2.24) is 10.3 Å². The fourth-order valence-corrected chi connectivity index (χ4v) is 3.44. The minimum atomic E-state index is -1.30. The van der Waals surface area contributed by atoms with Crippen molar-refractivity contribution < 1.29 is 19.1 Å². The van der Waals surface area contributed by atoms with Crippen molar-refractivity contribution in [2.24, 2.45) is 0 Å². The zero-order valence-corrected chi connectivity index (χ0v) is 15.5. The van der Waals surface area contributed by atoms with Crippen molar-refractivity contribution in [2.45, 2.75) is 24.4 Å². The summed E-state index contributed by atoms with van der Waals surface area (Å²) in [6, 6.07) is 10.5. The number of nitrogens with zero attached hydrogens (tertiary/aromatic N) is 1. The van der Waals surface area contributed by atoms with Crippen molar-refractivity contribution in [3.8, 4) is 5.75 Å². The van der Waals surface area contributed by atoms with E-state index in [-0.39, 0.29) is 18.8 Å². The molecule has 3 rings (SSSR count). The highest BCUT2D eigenvalue weighted by Gasteiger charge is 2.42. The van der Waals surface area contributed by atoms with Crippen LogP contribution in [0.15, 0.2) is 42.6 Å². The fourth-order valence-electron chi connectivity index (χ4n) is 2.58. The highest BCUT2D eigenvalue weighted by atomic mass is 32.2. The lowest BCUT2D eigenvalue weighted by Crippen LogP contribution is -2.38. The van der Waals surface area contributed by atoms with Crippen LogP contribution in [0.5, 0.6) is 5.75 Å². The number of carbonyl (C=O) groups excluding carboxylic acids is 3. The molecule has 0 bridgehead atoms. The average molecular weight is 380 g/mol. The third kappa shape index (κ3) is 4.57. The van der Waals surface area contributed by atoms with Gasteiger partial charge in [-0.3, -0.25) is 24.7 Å². The number of aromatic nitrogens is 1. The van der Waals surface area contributed by atoms with Crippen LogP contribution in [0.25, 0.3) is 0 Å². The van der Waals surface area contributed by atoms with Crippen molar-refractivity contribution in [3.05, 3.63) is 59.4 Å². The molecule has 0 saturated carbocycles. The van der Waals surface area contributed by atoms with Gasteiger partial charge in [0.25, 0.3) is 5.24 Å². The molecular formula is C19H17BN2O4S. The molecule has 1 aliphatic rings. The van der Waals surface area contributed by atoms with Crippen molar-refractivity contribution in [3.63, 3.8) is 0 Å². The number of rotatable bonds is 7. The maximum absolute atomic E-state index is 12.1. The molecule has 1 unspecified atom stereocenters. The number of pyridine rings is 1. The van der Waals surface area contributed by atoms with Gasteiger partial charge in [-0.05, 0) is 42.2 Å². The summed E-state index contributed by atoms with van der Waals surface area (Å²) >= 11 is 0.785. The number of benzene rings is 1. The van der Waals surface area contributed by atoms with E-state index in [0.29, 0.717) is 11.4 Å². The topological polar surface area (TPSA) is 85.4 Å². The summed E-state index contributed by atoms with van der Waals surface area (Å²) < 4.78 is 4.21. The number of imide groups is 1. The molecule has 2 aromatic rings. The summed E-state index contributed by atoms with van der Waals surface area (Å²) in [7, 11) is 5.99. The normalized spacial score (nSPS) is 19.0. The zero-order chi connectivity index (χ0) is 19.4. The zero-order valence-electron chi connectivity index (χ0n) is 14.7. The molecule has 1 aromatic carbocycles. The van der Waals surface area contributed by atoms with Crippen LogP contribution in [0.3, 0.4) is 0 Å². The summed E-state index contributed by atoms with van der Waals surface area (Å²) in [5, 5.41) is 1.74. The van der Waals surface area contributed by atoms with Crippen LogP contribution in [0, 0.1) is 0 Å². The molecule has 1 N–H and O–H groups in total. The van der Waals surface area contributed by atoms with E-state index in [0.717, 1.165) is 29.3 Å². The lowest BCUT2D eigenvalue weighted by Gasteiger charge is -2.18. The van der Waals surface area contributed by atoms with E-state index in [9.17, 15) is 14.4 Å². The Morgan fingerprint density at radius 1 is 1.19 bits per heavy atom.